The molecule has 1 unspecified atom stereocenters. The monoisotopic (exact) mass is 371 g/mol. The van der Waals surface area contributed by atoms with Crippen LogP contribution in [0.15, 0.2) is 42.5 Å². The fraction of sp³-hybridized carbons (Fsp3) is 0.300. The van der Waals surface area contributed by atoms with Crippen LogP contribution in [0.1, 0.15) is 27.5 Å². The van der Waals surface area contributed by atoms with Crippen molar-refractivity contribution in [3.8, 4) is 11.5 Å². The maximum absolute atomic E-state index is 12.5. The minimum absolute atomic E-state index is 0.352. The summed E-state index contributed by atoms with van der Waals surface area (Å²) in [5.74, 6) is -0.223. The highest BCUT2D eigenvalue weighted by molar-refractivity contribution is 5.97. The first kappa shape index (κ1) is 18.7. The number of nitrogens with one attached hydrogen (secondary N) is 1. The van der Waals surface area contributed by atoms with Crippen molar-refractivity contribution in [2.24, 2.45) is 0 Å². The van der Waals surface area contributed by atoms with E-state index in [1.54, 1.807) is 49.6 Å². The molecule has 0 saturated carbocycles. The summed E-state index contributed by atoms with van der Waals surface area (Å²) in [6.45, 7) is 1.46. The van der Waals surface area contributed by atoms with Crippen LogP contribution in [-0.4, -0.2) is 43.9 Å². The summed E-state index contributed by atoms with van der Waals surface area (Å²) in [6.07, 6.45) is 0.730. The van der Waals surface area contributed by atoms with Crippen molar-refractivity contribution in [1.82, 2.24) is 5.32 Å². The summed E-state index contributed by atoms with van der Waals surface area (Å²) in [5.41, 5.74) is 1.81. The van der Waals surface area contributed by atoms with Gasteiger partial charge in [-0.25, -0.2) is 4.79 Å². The van der Waals surface area contributed by atoms with Crippen molar-refractivity contribution < 1.29 is 28.9 Å². The van der Waals surface area contributed by atoms with E-state index in [0.29, 0.717) is 36.7 Å². The van der Waals surface area contributed by atoms with Gasteiger partial charge in [0.1, 0.15) is 18.1 Å². The number of carbonyl (C=O) groups is 2. The lowest BCUT2D eigenvalue weighted by Gasteiger charge is -2.16. The van der Waals surface area contributed by atoms with Crippen molar-refractivity contribution in [3.05, 3.63) is 59.2 Å². The molecule has 0 spiro atoms. The average Bonchev–Trinajstić information content (AvgIpc) is 3.14. The van der Waals surface area contributed by atoms with E-state index in [1.807, 2.05) is 0 Å². The van der Waals surface area contributed by atoms with Gasteiger partial charge in [0.2, 0.25) is 0 Å². The van der Waals surface area contributed by atoms with Gasteiger partial charge < -0.3 is 24.6 Å². The molecule has 1 heterocycles. The van der Waals surface area contributed by atoms with E-state index in [9.17, 15) is 14.7 Å². The predicted molar refractivity (Wildman–Crippen MR) is 97.3 cm³/mol. The van der Waals surface area contributed by atoms with Crippen LogP contribution in [0, 0.1) is 0 Å². The van der Waals surface area contributed by atoms with Gasteiger partial charge in [0.25, 0.3) is 5.91 Å². The van der Waals surface area contributed by atoms with Crippen LogP contribution in [0.3, 0.4) is 0 Å². The van der Waals surface area contributed by atoms with Gasteiger partial charge in [-0.05, 0) is 47.5 Å². The van der Waals surface area contributed by atoms with Gasteiger partial charge in [0.15, 0.2) is 6.04 Å². The van der Waals surface area contributed by atoms with Crippen molar-refractivity contribution in [1.29, 1.82) is 0 Å². The third-order valence-corrected chi connectivity index (χ3v) is 4.24. The molecule has 0 bridgehead atoms. The third-order valence-electron chi connectivity index (χ3n) is 4.24. The minimum atomic E-state index is -1.14. The Hall–Kier alpha value is -3.06. The molecule has 0 saturated heterocycles. The Morgan fingerprint density at radius 3 is 2.67 bits per heavy atom. The number of aliphatic carboxylic acids is 1. The van der Waals surface area contributed by atoms with Crippen LogP contribution in [0.5, 0.6) is 11.5 Å². The van der Waals surface area contributed by atoms with Crippen LogP contribution in [0.2, 0.25) is 0 Å². The molecule has 1 amide bonds. The number of hydrogen-bond donors (Lipinski definition) is 2. The van der Waals surface area contributed by atoms with Crippen molar-refractivity contribution >= 4 is 11.9 Å². The molecule has 142 valence electrons. The Kier molecular flexibility index (Phi) is 5.93. The zero-order chi connectivity index (χ0) is 19.2. The number of ether oxygens (including phenoxy) is 3. The van der Waals surface area contributed by atoms with Gasteiger partial charge in [-0.15, -0.1) is 0 Å². The fourth-order valence-electron chi connectivity index (χ4n) is 2.83. The number of carboxylic acids is 1. The molecule has 0 aliphatic carbocycles. The second-order valence-electron chi connectivity index (χ2n) is 6.08. The molecule has 0 radical (unpaired) electrons. The first-order valence-electron chi connectivity index (χ1n) is 8.59. The molecule has 0 fully saturated rings. The molecule has 27 heavy (non-hydrogen) atoms. The van der Waals surface area contributed by atoms with Crippen molar-refractivity contribution in [3.63, 3.8) is 0 Å². The largest absolute Gasteiger partial charge is 0.493 e. The van der Waals surface area contributed by atoms with Crippen LogP contribution in [-0.2, 0) is 16.0 Å². The van der Waals surface area contributed by atoms with E-state index < -0.39 is 17.9 Å². The first-order valence-corrected chi connectivity index (χ1v) is 8.59. The summed E-state index contributed by atoms with van der Waals surface area (Å²) in [4.78, 5) is 24.2. The topological polar surface area (TPSA) is 94.1 Å². The van der Waals surface area contributed by atoms with Crippen molar-refractivity contribution in [2.45, 2.75) is 12.5 Å². The Labute approximate surface area is 156 Å². The fourth-order valence-corrected chi connectivity index (χ4v) is 2.83. The molecular formula is C20H21NO6. The Morgan fingerprint density at radius 1 is 1.19 bits per heavy atom. The zero-order valence-corrected chi connectivity index (χ0v) is 14.9. The third kappa shape index (κ3) is 4.57. The van der Waals surface area contributed by atoms with Gasteiger partial charge in [0, 0.05) is 19.1 Å². The summed E-state index contributed by atoms with van der Waals surface area (Å²) in [7, 11) is 1.59. The zero-order valence-electron chi connectivity index (χ0n) is 14.9. The van der Waals surface area contributed by atoms with Gasteiger partial charge in [0.05, 0.1) is 13.2 Å². The summed E-state index contributed by atoms with van der Waals surface area (Å²) < 4.78 is 15.8. The number of carboxylic acid groups (broad SMARTS) is 1. The van der Waals surface area contributed by atoms with E-state index in [4.69, 9.17) is 14.2 Å². The molecule has 2 aromatic rings. The quantitative estimate of drug-likeness (QED) is 0.691. The average molecular weight is 371 g/mol. The highest BCUT2D eigenvalue weighted by Gasteiger charge is 2.24. The number of rotatable bonds is 8. The number of hydrogen-bond acceptors (Lipinski definition) is 5. The van der Waals surface area contributed by atoms with Crippen LogP contribution in [0.4, 0.5) is 0 Å². The number of methoxy groups -OCH3 is 1. The minimum Gasteiger partial charge on any atom is -0.493 e. The van der Waals surface area contributed by atoms with E-state index in [0.717, 1.165) is 17.7 Å². The van der Waals surface area contributed by atoms with Gasteiger partial charge in [-0.3, -0.25) is 4.79 Å². The molecule has 3 rings (SSSR count). The van der Waals surface area contributed by atoms with Crippen LogP contribution >= 0.6 is 0 Å². The maximum atomic E-state index is 12.5. The van der Waals surface area contributed by atoms with Crippen molar-refractivity contribution in [2.75, 3.05) is 26.9 Å². The maximum Gasteiger partial charge on any atom is 0.330 e. The lowest BCUT2D eigenvalue weighted by molar-refractivity contribution is -0.139. The van der Waals surface area contributed by atoms with Gasteiger partial charge in [-0.1, -0.05) is 6.07 Å². The number of fused-ring (bicyclic) bond motifs is 1. The molecule has 1 aliphatic rings. The number of benzene rings is 2. The highest BCUT2D eigenvalue weighted by atomic mass is 16.5. The Balaban J connectivity index is 1.69. The lowest BCUT2D eigenvalue weighted by atomic mass is 10.0. The number of carbonyl (C=O) groups excluding carboxylic acids is 1. The van der Waals surface area contributed by atoms with E-state index in [-0.39, 0.29) is 0 Å². The first-order chi connectivity index (χ1) is 13.1. The highest BCUT2D eigenvalue weighted by Crippen LogP contribution is 2.28. The molecule has 1 aliphatic heterocycles. The molecule has 0 aromatic heterocycles. The SMILES string of the molecule is COCCOc1ccc(C(=O)NC(C(=O)O)c2ccc3c(c2)CCO3)cc1. The van der Waals surface area contributed by atoms with Gasteiger partial charge >= 0.3 is 5.97 Å². The Bertz CT molecular complexity index is 818. The normalized spacial score (nSPS) is 13.4. The molecule has 7 heteroatoms. The van der Waals surface area contributed by atoms with Crippen LogP contribution in [0.25, 0.3) is 0 Å². The summed E-state index contributed by atoms with van der Waals surface area (Å²) >= 11 is 0. The second-order valence-corrected chi connectivity index (χ2v) is 6.08. The van der Waals surface area contributed by atoms with Crippen LogP contribution < -0.4 is 14.8 Å². The molecule has 2 N–H and O–H groups in total. The van der Waals surface area contributed by atoms with E-state index >= 15 is 0 Å². The number of amides is 1. The molecule has 7 nitrogen and oxygen atoms in total. The molecular weight excluding hydrogens is 350 g/mol. The Morgan fingerprint density at radius 2 is 1.96 bits per heavy atom. The van der Waals surface area contributed by atoms with E-state index in [2.05, 4.69) is 5.32 Å². The summed E-state index contributed by atoms with van der Waals surface area (Å²) in [6, 6.07) is 10.5. The molecule has 2 aromatic carbocycles. The molecule has 1 atom stereocenters. The van der Waals surface area contributed by atoms with Gasteiger partial charge in [-0.2, -0.15) is 0 Å². The van der Waals surface area contributed by atoms with E-state index in [1.165, 1.54) is 0 Å². The second kappa shape index (κ2) is 8.55. The lowest BCUT2D eigenvalue weighted by Crippen LogP contribution is -2.33. The summed E-state index contributed by atoms with van der Waals surface area (Å²) in [5, 5.41) is 12.1. The predicted octanol–water partition coefficient (Wildman–Crippen LogP) is 2.20. The smallest absolute Gasteiger partial charge is 0.330 e. The standard InChI is InChI=1S/C20H21NO6/c1-25-10-11-26-16-5-2-13(3-6-16)19(22)21-18(20(23)24)15-4-7-17-14(12-15)8-9-27-17/h2-7,12,18H,8-11H2,1H3,(H,21,22)(H,23,24).